The first-order chi connectivity index (χ1) is 8.78. The van der Waals surface area contributed by atoms with Gasteiger partial charge in [-0.3, -0.25) is 0 Å². The SMILES string of the molecule is CNCc1nnc(CCOc2ccc(C)cc2)s1. The van der Waals surface area contributed by atoms with Gasteiger partial charge in [-0.15, -0.1) is 21.5 Å². The standard InChI is InChI=1S/C13H17N3OS/c1-10-3-5-11(6-4-10)17-8-7-12-15-16-13(18-12)9-14-2/h3-6,14H,7-9H2,1-2H3. The Hall–Kier alpha value is -1.46. The molecule has 2 aromatic rings. The molecule has 0 amide bonds. The van der Waals surface area contributed by atoms with Gasteiger partial charge in [0.1, 0.15) is 15.8 Å². The maximum Gasteiger partial charge on any atom is 0.131 e. The molecule has 1 N–H and O–H groups in total. The molecule has 0 radical (unpaired) electrons. The van der Waals surface area contributed by atoms with E-state index in [-0.39, 0.29) is 0 Å². The topological polar surface area (TPSA) is 47.0 Å². The number of aromatic nitrogens is 2. The summed E-state index contributed by atoms with van der Waals surface area (Å²) >= 11 is 1.63. The van der Waals surface area contributed by atoms with E-state index in [4.69, 9.17) is 4.74 Å². The van der Waals surface area contributed by atoms with Crippen LogP contribution in [0.3, 0.4) is 0 Å². The molecule has 18 heavy (non-hydrogen) atoms. The second-order valence-corrected chi connectivity index (χ2v) is 5.18. The lowest BCUT2D eigenvalue weighted by Gasteiger charge is -2.04. The van der Waals surface area contributed by atoms with Crippen molar-refractivity contribution in [2.24, 2.45) is 0 Å². The summed E-state index contributed by atoms with van der Waals surface area (Å²) in [6.07, 6.45) is 0.801. The molecule has 96 valence electrons. The molecule has 1 aromatic heterocycles. The average Bonchev–Trinajstić information content (AvgIpc) is 2.80. The summed E-state index contributed by atoms with van der Waals surface area (Å²) in [7, 11) is 1.90. The molecule has 4 nitrogen and oxygen atoms in total. The van der Waals surface area contributed by atoms with Gasteiger partial charge in [-0.1, -0.05) is 17.7 Å². The molecule has 0 aliphatic carbocycles. The molecule has 0 aliphatic rings. The van der Waals surface area contributed by atoms with E-state index in [1.807, 2.05) is 31.3 Å². The van der Waals surface area contributed by atoms with Crippen molar-refractivity contribution >= 4 is 11.3 Å². The number of hydrogen-bond donors (Lipinski definition) is 1. The van der Waals surface area contributed by atoms with Gasteiger partial charge >= 0.3 is 0 Å². The summed E-state index contributed by atoms with van der Waals surface area (Å²) in [4.78, 5) is 0. The van der Waals surface area contributed by atoms with Crippen LogP contribution in [0.5, 0.6) is 5.75 Å². The second-order valence-electron chi connectivity index (χ2n) is 4.03. The highest BCUT2D eigenvalue weighted by Crippen LogP contribution is 2.13. The van der Waals surface area contributed by atoms with E-state index in [9.17, 15) is 0 Å². The Morgan fingerprint density at radius 2 is 1.89 bits per heavy atom. The third kappa shape index (κ3) is 3.78. The zero-order valence-corrected chi connectivity index (χ0v) is 11.5. The van der Waals surface area contributed by atoms with Crippen molar-refractivity contribution in [3.63, 3.8) is 0 Å². The van der Waals surface area contributed by atoms with Gasteiger partial charge in [-0.25, -0.2) is 0 Å². The Balaban J connectivity index is 1.79. The van der Waals surface area contributed by atoms with Crippen LogP contribution < -0.4 is 10.1 Å². The lowest BCUT2D eigenvalue weighted by atomic mass is 10.2. The van der Waals surface area contributed by atoms with E-state index in [0.717, 1.165) is 28.7 Å². The fourth-order valence-electron chi connectivity index (χ4n) is 1.50. The molecule has 5 heteroatoms. The minimum atomic E-state index is 0.636. The number of ether oxygens (including phenoxy) is 1. The van der Waals surface area contributed by atoms with Crippen molar-refractivity contribution in [3.8, 4) is 5.75 Å². The Bertz CT molecular complexity index is 481. The van der Waals surface area contributed by atoms with Crippen LogP contribution in [0, 0.1) is 6.92 Å². The molecule has 0 bridgehead atoms. The average molecular weight is 263 g/mol. The smallest absolute Gasteiger partial charge is 0.131 e. The fourth-order valence-corrected chi connectivity index (χ4v) is 2.34. The van der Waals surface area contributed by atoms with Crippen LogP contribution >= 0.6 is 11.3 Å². The Kier molecular flexibility index (Phi) is 4.66. The van der Waals surface area contributed by atoms with Crippen LogP contribution in [0.15, 0.2) is 24.3 Å². The molecule has 0 spiro atoms. The summed E-state index contributed by atoms with van der Waals surface area (Å²) in [5, 5.41) is 13.3. The number of nitrogens with zero attached hydrogens (tertiary/aromatic N) is 2. The molecule has 1 aromatic carbocycles. The largest absolute Gasteiger partial charge is 0.493 e. The molecular weight excluding hydrogens is 246 g/mol. The zero-order valence-electron chi connectivity index (χ0n) is 10.6. The molecule has 0 atom stereocenters. The maximum absolute atomic E-state index is 5.66. The molecule has 1 heterocycles. The predicted molar refractivity (Wildman–Crippen MR) is 73.1 cm³/mol. The van der Waals surface area contributed by atoms with Gasteiger partial charge in [-0.05, 0) is 26.1 Å². The Morgan fingerprint density at radius 3 is 2.61 bits per heavy atom. The van der Waals surface area contributed by atoms with Gasteiger partial charge in [-0.2, -0.15) is 0 Å². The molecule has 0 saturated carbocycles. The summed E-state index contributed by atoms with van der Waals surface area (Å²) in [5.74, 6) is 0.903. The minimum absolute atomic E-state index is 0.636. The van der Waals surface area contributed by atoms with E-state index in [1.54, 1.807) is 11.3 Å². The summed E-state index contributed by atoms with van der Waals surface area (Å²) in [6.45, 7) is 3.47. The number of rotatable bonds is 6. The normalized spacial score (nSPS) is 10.6. The second kappa shape index (κ2) is 6.47. The van der Waals surface area contributed by atoms with Gasteiger partial charge in [0, 0.05) is 13.0 Å². The first-order valence-corrected chi connectivity index (χ1v) is 6.75. The highest BCUT2D eigenvalue weighted by atomic mass is 32.1. The third-order valence-electron chi connectivity index (χ3n) is 2.44. The van der Waals surface area contributed by atoms with Gasteiger partial charge in [0.2, 0.25) is 0 Å². The number of nitrogens with one attached hydrogen (secondary N) is 1. The zero-order chi connectivity index (χ0) is 12.8. The summed E-state index contributed by atoms with van der Waals surface area (Å²) in [5.41, 5.74) is 1.24. The first-order valence-electron chi connectivity index (χ1n) is 5.93. The number of hydrogen-bond acceptors (Lipinski definition) is 5. The van der Waals surface area contributed by atoms with E-state index in [1.165, 1.54) is 5.56 Å². The van der Waals surface area contributed by atoms with Crippen molar-refractivity contribution in [1.82, 2.24) is 15.5 Å². The van der Waals surface area contributed by atoms with E-state index >= 15 is 0 Å². The summed E-state index contributed by atoms with van der Waals surface area (Å²) < 4.78 is 5.66. The Labute approximate surface area is 111 Å². The fraction of sp³-hybridized carbons (Fsp3) is 0.385. The number of aryl methyl sites for hydroxylation is 1. The van der Waals surface area contributed by atoms with Crippen molar-refractivity contribution in [1.29, 1.82) is 0 Å². The highest BCUT2D eigenvalue weighted by molar-refractivity contribution is 7.11. The lowest BCUT2D eigenvalue weighted by molar-refractivity contribution is 0.321. The molecular formula is C13H17N3OS. The minimum Gasteiger partial charge on any atom is -0.493 e. The molecule has 0 fully saturated rings. The monoisotopic (exact) mass is 263 g/mol. The van der Waals surface area contributed by atoms with E-state index in [2.05, 4.69) is 22.4 Å². The molecule has 2 rings (SSSR count). The van der Waals surface area contributed by atoms with Gasteiger partial charge in [0.25, 0.3) is 0 Å². The van der Waals surface area contributed by atoms with Crippen molar-refractivity contribution in [3.05, 3.63) is 39.8 Å². The third-order valence-corrected chi connectivity index (χ3v) is 3.43. The predicted octanol–water partition coefficient (Wildman–Crippen LogP) is 2.19. The molecule has 0 saturated heterocycles. The van der Waals surface area contributed by atoms with E-state index < -0.39 is 0 Å². The van der Waals surface area contributed by atoms with Crippen LogP contribution in [0.1, 0.15) is 15.6 Å². The summed E-state index contributed by atoms with van der Waals surface area (Å²) in [6, 6.07) is 8.07. The van der Waals surface area contributed by atoms with Crippen LogP contribution in [0.2, 0.25) is 0 Å². The number of benzene rings is 1. The van der Waals surface area contributed by atoms with Crippen molar-refractivity contribution in [2.75, 3.05) is 13.7 Å². The van der Waals surface area contributed by atoms with Crippen molar-refractivity contribution in [2.45, 2.75) is 19.9 Å². The van der Waals surface area contributed by atoms with Crippen LogP contribution in [0.25, 0.3) is 0 Å². The van der Waals surface area contributed by atoms with Gasteiger partial charge in [0.15, 0.2) is 0 Å². The van der Waals surface area contributed by atoms with Crippen LogP contribution in [-0.2, 0) is 13.0 Å². The Morgan fingerprint density at radius 1 is 1.17 bits per heavy atom. The molecule has 0 aliphatic heterocycles. The first kappa shape index (κ1) is 13.0. The van der Waals surface area contributed by atoms with Gasteiger partial charge < -0.3 is 10.1 Å². The quantitative estimate of drug-likeness (QED) is 0.868. The maximum atomic E-state index is 5.66. The lowest BCUT2D eigenvalue weighted by Crippen LogP contribution is -2.04. The molecule has 0 unspecified atom stereocenters. The highest BCUT2D eigenvalue weighted by Gasteiger charge is 2.03. The van der Waals surface area contributed by atoms with Crippen molar-refractivity contribution < 1.29 is 4.74 Å². The van der Waals surface area contributed by atoms with Gasteiger partial charge in [0.05, 0.1) is 6.61 Å². The van der Waals surface area contributed by atoms with E-state index in [0.29, 0.717) is 6.61 Å². The van der Waals surface area contributed by atoms with Crippen LogP contribution in [-0.4, -0.2) is 23.9 Å². The van der Waals surface area contributed by atoms with Crippen LogP contribution in [0.4, 0.5) is 0 Å².